The van der Waals surface area contributed by atoms with Crippen LogP contribution in [0.5, 0.6) is 0 Å². The number of nitrogens with one attached hydrogen (secondary N) is 9. The van der Waals surface area contributed by atoms with Crippen LogP contribution in [0, 0.1) is 11.8 Å². The Labute approximate surface area is 340 Å². The highest BCUT2D eigenvalue weighted by atomic mass is 32.2. The van der Waals surface area contributed by atoms with Gasteiger partial charge in [0.1, 0.15) is 12.1 Å². The van der Waals surface area contributed by atoms with Crippen LogP contribution in [-0.2, 0) is 43.2 Å². The van der Waals surface area contributed by atoms with Gasteiger partial charge in [-0.2, -0.15) is 11.8 Å². The van der Waals surface area contributed by atoms with Gasteiger partial charge in [0.15, 0.2) is 0 Å². The highest BCUT2D eigenvalue weighted by Gasteiger charge is 2.42. The molecule has 0 saturated carbocycles. The van der Waals surface area contributed by atoms with Gasteiger partial charge < -0.3 is 53.4 Å². The molecule has 10 amide bonds. The van der Waals surface area contributed by atoms with Gasteiger partial charge in [-0.25, -0.2) is 10.3 Å². The number of thioether (sulfide) groups is 1. The number of carbonyl (C=O) groups excluding carboxylic acids is 9. The summed E-state index contributed by atoms with van der Waals surface area (Å²) in [6.45, 7) is 2.14. The average molecular weight is 843 g/mol. The summed E-state index contributed by atoms with van der Waals surface area (Å²) in [6.07, 6.45) is 3.04. The number of hydroxylamine groups is 1. The first kappa shape index (κ1) is 49.0. The number of carboxylic acids is 1. The first-order chi connectivity index (χ1) is 27.5. The average Bonchev–Trinajstić information content (AvgIpc) is 3.72. The Morgan fingerprint density at radius 1 is 0.759 bits per heavy atom. The number of amides is 10. The van der Waals surface area contributed by atoms with Crippen molar-refractivity contribution in [2.24, 2.45) is 17.6 Å². The molecule has 2 fully saturated rings. The predicted octanol–water partition coefficient (Wildman–Crippen LogP) is -2.78. The third-order valence-electron chi connectivity index (χ3n) is 9.28. The third kappa shape index (κ3) is 19.3. The molecule has 2 aliphatic heterocycles. The van der Waals surface area contributed by atoms with Gasteiger partial charge in [0.2, 0.25) is 47.3 Å². The molecule has 2 heterocycles. The van der Waals surface area contributed by atoms with Crippen molar-refractivity contribution in [3.8, 4) is 0 Å². The van der Waals surface area contributed by atoms with E-state index in [9.17, 15) is 47.9 Å². The van der Waals surface area contributed by atoms with Crippen molar-refractivity contribution in [2.75, 3.05) is 31.9 Å². The lowest BCUT2D eigenvalue weighted by Crippen LogP contribution is -2.52. The topological polar surface area (TPSA) is 345 Å². The molecular weight excluding hydrogens is 785 g/mol. The maximum Gasteiger partial charge on any atom is 0.315 e. The Kier molecular flexibility index (Phi) is 21.9. The molecule has 6 atom stereocenters. The van der Waals surface area contributed by atoms with E-state index in [2.05, 4.69) is 42.5 Å². The Morgan fingerprint density at radius 3 is 2.07 bits per heavy atom. The van der Waals surface area contributed by atoms with Crippen LogP contribution >= 0.6 is 11.8 Å². The summed E-state index contributed by atoms with van der Waals surface area (Å²) in [7, 11) is 0. The molecule has 2 rings (SSSR count). The van der Waals surface area contributed by atoms with E-state index in [-0.39, 0.29) is 55.6 Å². The van der Waals surface area contributed by atoms with Gasteiger partial charge in [-0.3, -0.25) is 48.4 Å². The molecule has 22 nitrogen and oxygen atoms in total. The van der Waals surface area contributed by atoms with E-state index in [1.165, 1.54) is 5.48 Å². The minimum Gasteiger partial charge on any atom is -0.481 e. The van der Waals surface area contributed by atoms with E-state index in [1.807, 2.05) is 25.6 Å². The highest BCUT2D eigenvalue weighted by Crippen LogP contribution is 2.33. The minimum atomic E-state index is -1.41. The first-order valence-electron chi connectivity index (χ1n) is 19.3. The SMILES string of the molecule is CC(C)CC(CC(=O)NO)C(=O)NCC(=O)N[C@@H](CCC(=O)O)C(=O)NCC(=O)NCC(=O)N[C@@H](CCCCNC(=O)CCCC[C@@H]1SC[C@@H]2NC(=O)N[C@@H]21)C(N)=O. The Balaban J connectivity index is 1.67. The smallest absolute Gasteiger partial charge is 0.315 e. The Bertz CT molecular complexity index is 1480. The number of unbranched alkanes of at least 4 members (excludes halogenated alkanes) is 2. The van der Waals surface area contributed by atoms with E-state index < -0.39 is 91.4 Å². The van der Waals surface area contributed by atoms with E-state index >= 15 is 0 Å². The van der Waals surface area contributed by atoms with E-state index in [0.29, 0.717) is 37.5 Å². The van der Waals surface area contributed by atoms with Gasteiger partial charge in [-0.1, -0.05) is 20.3 Å². The van der Waals surface area contributed by atoms with Crippen molar-refractivity contribution in [3.63, 3.8) is 0 Å². The molecule has 58 heavy (non-hydrogen) atoms. The number of aliphatic carboxylic acids is 1. The standard InChI is InChI=1S/C35H58N10O12S/c1-19(2)13-20(14-26(47)45-57)33(54)39-17-29(50)42-22(10-11-30(51)52)34(55)40-15-27(48)38-16-28(49)41-21(32(36)53)7-5-6-12-37-25(46)9-4-3-8-24-31-23(18-58-24)43-35(56)44-31/h19-24,31,57H,3-18H2,1-2H3,(H2,36,53)(H,37,46)(H,38,48)(H,39,54)(H,40,55)(H,41,49)(H,42,50)(H,45,47)(H,51,52)(H2,43,44,56)/t20?,21-,22-,23-,24-,31-/m0/s1. The molecule has 0 aliphatic carbocycles. The van der Waals surface area contributed by atoms with Crippen molar-refractivity contribution >= 4 is 71.0 Å². The molecule has 1 unspecified atom stereocenters. The van der Waals surface area contributed by atoms with Crippen molar-refractivity contribution in [2.45, 2.75) is 114 Å². The number of nitrogens with two attached hydrogens (primary N) is 1. The van der Waals surface area contributed by atoms with Crippen LogP contribution in [0.1, 0.15) is 84.5 Å². The minimum absolute atomic E-state index is 0.00240. The molecule has 23 heteroatoms. The van der Waals surface area contributed by atoms with Gasteiger partial charge >= 0.3 is 12.0 Å². The van der Waals surface area contributed by atoms with Gasteiger partial charge in [0.25, 0.3) is 0 Å². The molecule has 0 spiro atoms. The first-order valence-corrected chi connectivity index (χ1v) is 20.3. The second-order valence-electron chi connectivity index (χ2n) is 14.6. The van der Waals surface area contributed by atoms with E-state index in [0.717, 1.165) is 18.6 Å². The zero-order valence-corrected chi connectivity index (χ0v) is 33.6. The van der Waals surface area contributed by atoms with Crippen molar-refractivity contribution < 1.29 is 58.3 Å². The van der Waals surface area contributed by atoms with Gasteiger partial charge in [-0.05, 0) is 50.9 Å². The number of hydrogen-bond donors (Lipinski definition) is 12. The number of carboxylic acid groups (broad SMARTS) is 1. The molecule has 0 radical (unpaired) electrons. The van der Waals surface area contributed by atoms with Crippen molar-refractivity contribution in [1.82, 2.24) is 48.0 Å². The fourth-order valence-corrected chi connectivity index (χ4v) is 7.89. The van der Waals surface area contributed by atoms with Gasteiger partial charge in [-0.15, -0.1) is 0 Å². The van der Waals surface area contributed by atoms with E-state index in [4.69, 9.17) is 16.0 Å². The molecule has 326 valence electrons. The van der Waals surface area contributed by atoms with Crippen molar-refractivity contribution in [3.05, 3.63) is 0 Å². The summed E-state index contributed by atoms with van der Waals surface area (Å²) in [5.41, 5.74) is 6.88. The number of carbonyl (C=O) groups is 10. The lowest BCUT2D eigenvalue weighted by atomic mass is 9.93. The Morgan fingerprint density at radius 2 is 1.41 bits per heavy atom. The number of hydrogen-bond acceptors (Lipinski definition) is 12. The fourth-order valence-electron chi connectivity index (χ4n) is 6.34. The summed E-state index contributed by atoms with van der Waals surface area (Å²) < 4.78 is 0. The van der Waals surface area contributed by atoms with Crippen LogP contribution in [0.4, 0.5) is 4.79 Å². The predicted molar refractivity (Wildman–Crippen MR) is 207 cm³/mol. The second-order valence-corrected chi connectivity index (χ2v) is 15.8. The normalized spacial score (nSPS) is 18.3. The molecule has 0 aromatic heterocycles. The number of rotatable bonds is 28. The molecular formula is C35H58N10O12S. The van der Waals surface area contributed by atoms with Crippen LogP contribution in [-0.4, -0.2) is 131 Å². The monoisotopic (exact) mass is 842 g/mol. The molecule has 0 bridgehead atoms. The van der Waals surface area contributed by atoms with Crippen LogP contribution in [0.3, 0.4) is 0 Å². The zero-order valence-electron chi connectivity index (χ0n) is 32.8. The Hall–Kier alpha value is -5.19. The molecule has 2 saturated heterocycles. The summed E-state index contributed by atoms with van der Waals surface area (Å²) in [5.74, 6) is -6.92. The van der Waals surface area contributed by atoms with Crippen LogP contribution < -0.4 is 53.7 Å². The molecule has 0 aromatic carbocycles. The number of urea groups is 1. The largest absolute Gasteiger partial charge is 0.481 e. The summed E-state index contributed by atoms with van der Waals surface area (Å²) >= 11 is 1.82. The maximum atomic E-state index is 12.8. The van der Waals surface area contributed by atoms with Gasteiger partial charge in [0, 0.05) is 42.7 Å². The summed E-state index contributed by atoms with van der Waals surface area (Å²) in [6, 6.07) is -2.30. The van der Waals surface area contributed by atoms with Crippen molar-refractivity contribution in [1.29, 1.82) is 0 Å². The zero-order chi connectivity index (χ0) is 43.2. The third-order valence-corrected chi connectivity index (χ3v) is 10.8. The summed E-state index contributed by atoms with van der Waals surface area (Å²) in [5, 5.41) is 38.5. The number of primary amides is 1. The second kappa shape index (κ2) is 25.9. The van der Waals surface area contributed by atoms with E-state index in [1.54, 1.807) is 0 Å². The lowest BCUT2D eigenvalue weighted by Gasteiger charge is -2.20. The fraction of sp³-hybridized carbons (Fsp3) is 0.714. The number of fused-ring (bicyclic) bond motifs is 1. The molecule has 13 N–H and O–H groups in total. The highest BCUT2D eigenvalue weighted by molar-refractivity contribution is 8.00. The van der Waals surface area contributed by atoms with Crippen LogP contribution in [0.2, 0.25) is 0 Å². The quantitative estimate of drug-likeness (QED) is 0.0164. The van der Waals surface area contributed by atoms with Crippen LogP contribution in [0.15, 0.2) is 0 Å². The summed E-state index contributed by atoms with van der Waals surface area (Å²) in [4.78, 5) is 121. The maximum absolute atomic E-state index is 12.8. The lowest BCUT2D eigenvalue weighted by molar-refractivity contribution is -0.138. The molecule has 2 aliphatic rings. The molecule has 0 aromatic rings. The van der Waals surface area contributed by atoms with Crippen LogP contribution in [0.25, 0.3) is 0 Å². The van der Waals surface area contributed by atoms with Gasteiger partial charge in [0.05, 0.1) is 31.7 Å².